The van der Waals surface area contributed by atoms with E-state index in [1.165, 1.54) is 0 Å². The third-order valence-electron chi connectivity index (χ3n) is 1.27. The van der Waals surface area contributed by atoms with E-state index in [1.807, 2.05) is 0 Å². The van der Waals surface area contributed by atoms with Gasteiger partial charge in [0.05, 0.1) is 12.6 Å². The number of aromatic amines is 1. The molecule has 10 heavy (non-hydrogen) atoms. The van der Waals surface area contributed by atoms with Gasteiger partial charge in [-0.05, 0) is 12.1 Å². The van der Waals surface area contributed by atoms with Crippen LogP contribution < -0.4 is 5.73 Å². The highest BCUT2D eigenvalue weighted by Crippen LogP contribution is 2.12. The normalized spacial score (nSPS) is 13.5. The van der Waals surface area contributed by atoms with Crippen molar-refractivity contribution in [2.24, 2.45) is 5.73 Å². The maximum Gasteiger partial charge on any atom is 0.106 e. The van der Waals surface area contributed by atoms with Gasteiger partial charge in [-0.2, -0.15) is 0 Å². The van der Waals surface area contributed by atoms with E-state index in [4.69, 9.17) is 22.4 Å². The molecule has 0 aliphatic rings. The topological polar surface area (TPSA) is 62.0 Å². The fourth-order valence-electron chi connectivity index (χ4n) is 0.699. The summed E-state index contributed by atoms with van der Waals surface area (Å²) < 4.78 is 0. The first-order valence-corrected chi connectivity index (χ1v) is 3.32. The first-order chi connectivity index (χ1) is 4.74. The molecule has 0 aliphatic heterocycles. The summed E-state index contributed by atoms with van der Waals surface area (Å²) >= 11 is 5.57. The summed E-state index contributed by atoms with van der Waals surface area (Å²) in [4.78, 5) is 2.81. The molecule has 0 bridgehead atoms. The Balaban J connectivity index is 2.74. The summed E-state index contributed by atoms with van der Waals surface area (Å²) in [7, 11) is 0. The third-order valence-corrected chi connectivity index (χ3v) is 1.49. The summed E-state index contributed by atoms with van der Waals surface area (Å²) in [5.74, 6) is 0. The second kappa shape index (κ2) is 3.05. The molecule has 1 atom stereocenters. The molecule has 0 saturated carbocycles. The highest BCUT2D eigenvalue weighted by molar-refractivity contribution is 6.29. The molecular formula is C6H9ClN2O. The number of aliphatic hydroxyl groups is 1. The highest BCUT2D eigenvalue weighted by Gasteiger charge is 2.04. The van der Waals surface area contributed by atoms with Gasteiger partial charge in [-0.1, -0.05) is 11.6 Å². The maximum atomic E-state index is 8.61. The van der Waals surface area contributed by atoms with Gasteiger partial charge >= 0.3 is 0 Å². The van der Waals surface area contributed by atoms with Gasteiger partial charge in [-0.15, -0.1) is 0 Å². The van der Waals surface area contributed by atoms with E-state index < -0.39 is 0 Å². The molecule has 0 spiro atoms. The van der Waals surface area contributed by atoms with Crippen LogP contribution in [0, 0.1) is 0 Å². The largest absolute Gasteiger partial charge is 0.394 e. The van der Waals surface area contributed by atoms with Crippen molar-refractivity contribution in [1.82, 2.24) is 4.98 Å². The number of nitrogens with two attached hydrogens (primary N) is 1. The Labute approximate surface area is 63.8 Å². The van der Waals surface area contributed by atoms with E-state index in [2.05, 4.69) is 4.98 Å². The van der Waals surface area contributed by atoms with E-state index in [-0.39, 0.29) is 12.6 Å². The lowest BCUT2D eigenvalue weighted by Gasteiger charge is -2.03. The zero-order valence-electron chi connectivity index (χ0n) is 5.34. The number of halogens is 1. The van der Waals surface area contributed by atoms with Crippen LogP contribution in [0.25, 0.3) is 0 Å². The molecule has 0 aliphatic carbocycles. The smallest absolute Gasteiger partial charge is 0.106 e. The molecule has 1 aromatic rings. The molecule has 1 aromatic heterocycles. The predicted molar refractivity (Wildman–Crippen MR) is 39.8 cm³/mol. The summed E-state index contributed by atoms with van der Waals surface area (Å²) in [5, 5.41) is 9.15. The minimum atomic E-state index is -0.354. The van der Waals surface area contributed by atoms with Crippen LogP contribution in [-0.2, 0) is 0 Å². The number of hydrogen-bond donors (Lipinski definition) is 3. The molecule has 0 saturated heterocycles. The van der Waals surface area contributed by atoms with E-state index in [0.29, 0.717) is 5.15 Å². The zero-order valence-corrected chi connectivity index (χ0v) is 6.10. The standard InChI is InChI=1S/C6H9ClN2O/c7-6-2-1-5(9-6)4(8)3-10/h1-2,4,9-10H,3,8H2/t4-/m0/s1. The second-order valence-corrected chi connectivity index (χ2v) is 2.46. The summed E-state index contributed by atoms with van der Waals surface area (Å²) in [6, 6.07) is 3.10. The Bertz CT molecular complexity index is 211. The summed E-state index contributed by atoms with van der Waals surface area (Å²) in [6.45, 7) is -0.0726. The van der Waals surface area contributed by atoms with Crippen molar-refractivity contribution in [3.8, 4) is 0 Å². The van der Waals surface area contributed by atoms with Crippen LogP contribution >= 0.6 is 11.6 Å². The molecule has 0 amide bonds. The molecular weight excluding hydrogens is 152 g/mol. The van der Waals surface area contributed by atoms with Gasteiger partial charge in [0.2, 0.25) is 0 Å². The lowest BCUT2D eigenvalue weighted by molar-refractivity contribution is 0.266. The number of H-pyrrole nitrogens is 1. The minimum absolute atomic E-state index is 0.0726. The van der Waals surface area contributed by atoms with Gasteiger partial charge in [0.1, 0.15) is 5.15 Å². The average Bonchev–Trinajstić information content (AvgIpc) is 2.34. The Morgan fingerprint density at radius 2 is 2.40 bits per heavy atom. The van der Waals surface area contributed by atoms with Gasteiger partial charge < -0.3 is 15.8 Å². The molecule has 1 heterocycles. The number of aliphatic hydroxyl groups excluding tert-OH is 1. The molecule has 1 rings (SSSR count). The van der Waals surface area contributed by atoms with Crippen LogP contribution in [0.15, 0.2) is 12.1 Å². The molecule has 0 fully saturated rings. The predicted octanol–water partition coefficient (Wildman–Crippen LogP) is 0.660. The van der Waals surface area contributed by atoms with Crippen LogP contribution in [-0.4, -0.2) is 16.7 Å². The fraction of sp³-hybridized carbons (Fsp3) is 0.333. The van der Waals surface area contributed by atoms with Crippen molar-refractivity contribution in [1.29, 1.82) is 0 Å². The molecule has 0 radical (unpaired) electrons. The van der Waals surface area contributed by atoms with Crippen molar-refractivity contribution in [3.63, 3.8) is 0 Å². The monoisotopic (exact) mass is 160 g/mol. The first-order valence-electron chi connectivity index (χ1n) is 2.95. The quantitative estimate of drug-likeness (QED) is 0.595. The maximum absolute atomic E-state index is 8.61. The SMILES string of the molecule is N[C@@H](CO)c1ccc(Cl)[nH]1. The number of rotatable bonds is 2. The summed E-state index contributed by atoms with van der Waals surface area (Å²) in [5.41, 5.74) is 6.22. The van der Waals surface area contributed by atoms with Gasteiger partial charge in [-0.3, -0.25) is 0 Å². The lowest BCUT2D eigenvalue weighted by atomic mass is 10.2. The second-order valence-electron chi connectivity index (χ2n) is 2.05. The van der Waals surface area contributed by atoms with Crippen LogP contribution in [0.3, 0.4) is 0 Å². The Morgan fingerprint density at radius 1 is 1.70 bits per heavy atom. The lowest BCUT2D eigenvalue weighted by Crippen LogP contribution is -2.14. The first kappa shape index (κ1) is 7.60. The zero-order chi connectivity index (χ0) is 7.56. The minimum Gasteiger partial charge on any atom is -0.394 e. The van der Waals surface area contributed by atoms with Gasteiger partial charge in [-0.25, -0.2) is 0 Å². The molecule has 3 nitrogen and oxygen atoms in total. The fourth-order valence-corrected chi connectivity index (χ4v) is 0.871. The Morgan fingerprint density at radius 3 is 2.80 bits per heavy atom. The Hall–Kier alpha value is -0.510. The Kier molecular flexibility index (Phi) is 2.32. The van der Waals surface area contributed by atoms with Crippen molar-refractivity contribution in [2.75, 3.05) is 6.61 Å². The number of aromatic nitrogens is 1. The average molecular weight is 161 g/mol. The number of nitrogens with one attached hydrogen (secondary N) is 1. The van der Waals surface area contributed by atoms with Gasteiger partial charge in [0, 0.05) is 5.69 Å². The molecule has 4 heteroatoms. The van der Waals surface area contributed by atoms with Crippen LogP contribution in [0.1, 0.15) is 11.7 Å². The third kappa shape index (κ3) is 1.50. The van der Waals surface area contributed by atoms with E-state index in [0.717, 1.165) is 5.69 Å². The van der Waals surface area contributed by atoms with Gasteiger partial charge in [0.15, 0.2) is 0 Å². The summed E-state index contributed by atoms with van der Waals surface area (Å²) in [6.07, 6.45) is 0. The van der Waals surface area contributed by atoms with Crippen molar-refractivity contribution in [3.05, 3.63) is 23.0 Å². The highest BCUT2D eigenvalue weighted by atomic mass is 35.5. The molecule has 0 aromatic carbocycles. The number of hydrogen-bond acceptors (Lipinski definition) is 2. The molecule has 0 unspecified atom stereocenters. The van der Waals surface area contributed by atoms with Crippen molar-refractivity contribution >= 4 is 11.6 Å². The van der Waals surface area contributed by atoms with E-state index >= 15 is 0 Å². The van der Waals surface area contributed by atoms with Gasteiger partial charge in [0.25, 0.3) is 0 Å². The van der Waals surface area contributed by atoms with E-state index in [1.54, 1.807) is 12.1 Å². The molecule has 56 valence electrons. The molecule has 4 N–H and O–H groups in total. The van der Waals surface area contributed by atoms with E-state index in [9.17, 15) is 0 Å². The van der Waals surface area contributed by atoms with Crippen molar-refractivity contribution < 1.29 is 5.11 Å². The van der Waals surface area contributed by atoms with Crippen LogP contribution in [0.2, 0.25) is 5.15 Å². The van der Waals surface area contributed by atoms with Crippen molar-refractivity contribution in [2.45, 2.75) is 6.04 Å². The van der Waals surface area contributed by atoms with Crippen LogP contribution in [0.4, 0.5) is 0 Å². The van der Waals surface area contributed by atoms with Crippen LogP contribution in [0.5, 0.6) is 0 Å².